The first-order chi connectivity index (χ1) is 4.97. The average molecular weight is 130 g/mol. The van der Waals surface area contributed by atoms with Crippen molar-refractivity contribution in [2.75, 3.05) is 0 Å². The predicted octanol–water partition coefficient (Wildman–Crippen LogP) is 2.65. The lowest BCUT2D eigenvalue weighted by atomic mass is 9.80. The molecule has 1 aliphatic rings. The van der Waals surface area contributed by atoms with Crippen LogP contribution in [-0.4, -0.2) is 0 Å². The van der Waals surface area contributed by atoms with Crippen molar-refractivity contribution in [2.24, 2.45) is 0 Å². The van der Waals surface area contributed by atoms with E-state index < -0.39 is 0 Å². The quantitative estimate of drug-likeness (QED) is 0.548. The second-order valence-electron chi connectivity index (χ2n) is 2.77. The molecule has 0 aromatic heterocycles. The highest BCUT2D eigenvalue weighted by molar-refractivity contribution is 5.23. The maximum atomic E-state index is 3.26. The number of hydrogen-bond donors (Lipinski definition) is 0. The van der Waals surface area contributed by atoms with Crippen LogP contribution >= 0.6 is 0 Å². The standard InChI is InChI=1S/C10H10/c1-2-5-9(6-3-1)10-7-4-8-10/h1-3,5-6,10H,7-8H2. The van der Waals surface area contributed by atoms with Crippen LogP contribution < -0.4 is 0 Å². The Labute approximate surface area is 61.9 Å². The number of benzene rings is 1. The molecule has 0 heteroatoms. The Kier molecular flexibility index (Phi) is 1.46. The first-order valence-electron chi connectivity index (χ1n) is 3.72. The molecular formula is C10H10. The van der Waals surface area contributed by atoms with Gasteiger partial charge in [0.05, 0.1) is 0 Å². The topological polar surface area (TPSA) is 0 Å². The summed E-state index contributed by atoms with van der Waals surface area (Å²) in [7, 11) is 0. The minimum Gasteiger partial charge on any atom is -0.0622 e. The van der Waals surface area contributed by atoms with Crippen molar-refractivity contribution >= 4 is 0 Å². The Morgan fingerprint density at radius 3 is 2.30 bits per heavy atom. The monoisotopic (exact) mass is 130 g/mol. The van der Waals surface area contributed by atoms with Crippen molar-refractivity contribution in [3.8, 4) is 0 Å². The SMILES string of the molecule is [C]1CC(c2ccccc2)C1. The summed E-state index contributed by atoms with van der Waals surface area (Å²) in [5, 5.41) is 0. The van der Waals surface area contributed by atoms with Crippen molar-refractivity contribution in [2.45, 2.75) is 18.8 Å². The lowest BCUT2D eigenvalue weighted by Gasteiger charge is -2.24. The van der Waals surface area contributed by atoms with Gasteiger partial charge in [0.1, 0.15) is 0 Å². The molecule has 10 heavy (non-hydrogen) atoms. The van der Waals surface area contributed by atoms with Crippen LogP contribution in [-0.2, 0) is 0 Å². The molecule has 1 fully saturated rings. The summed E-state index contributed by atoms with van der Waals surface area (Å²) in [5.74, 6) is 0.779. The third kappa shape index (κ3) is 0.942. The van der Waals surface area contributed by atoms with E-state index in [1.807, 2.05) is 0 Å². The fraction of sp³-hybridized carbons (Fsp3) is 0.300. The molecule has 1 aromatic carbocycles. The van der Waals surface area contributed by atoms with Crippen LogP contribution in [0.3, 0.4) is 0 Å². The van der Waals surface area contributed by atoms with E-state index in [9.17, 15) is 0 Å². The van der Waals surface area contributed by atoms with E-state index in [0.29, 0.717) is 0 Å². The predicted molar refractivity (Wildman–Crippen MR) is 41.7 cm³/mol. The van der Waals surface area contributed by atoms with Gasteiger partial charge in [-0.15, -0.1) is 0 Å². The Morgan fingerprint density at radius 2 is 1.80 bits per heavy atom. The first kappa shape index (κ1) is 5.96. The average Bonchev–Trinajstić information content (AvgIpc) is 1.86. The molecule has 1 saturated carbocycles. The fourth-order valence-corrected chi connectivity index (χ4v) is 1.25. The Balaban J connectivity index is 2.18. The van der Waals surface area contributed by atoms with Gasteiger partial charge in [0.25, 0.3) is 0 Å². The smallest absolute Gasteiger partial charge is 0.0151 e. The Bertz CT molecular complexity index is 197. The highest BCUT2D eigenvalue weighted by Gasteiger charge is 2.18. The van der Waals surface area contributed by atoms with E-state index in [4.69, 9.17) is 0 Å². The van der Waals surface area contributed by atoms with Crippen LogP contribution in [0.1, 0.15) is 24.3 Å². The zero-order valence-electron chi connectivity index (χ0n) is 5.88. The normalized spacial score (nSPS) is 18.4. The highest BCUT2D eigenvalue weighted by atomic mass is 14.2. The summed E-state index contributed by atoms with van der Waals surface area (Å²) in [6.07, 6.45) is 5.57. The Hall–Kier alpha value is -0.780. The van der Waals surface area contributed by atoms with Gasteiger partial charge in [0.15, 0.2) is 0 Å². The maximum Gasteiger partial charge on any atom is -0.0151 e. The zero-order valence-corrected chi connectivity index (χ0v) is 5.88. The van der Waals surface area contributed by atoms with Crippen molar-refractivity contribution in [3.05, 3.63) is 42.3 Å². The van der Waals surface area contributed by atoms with Crippen LogP contribution in [0.5, 0.6) is 0 Å². The van der Waals surface area contributed by atoms with Crippen molar-refractivity contribution < 1.29 is 0 Å². The van der Waals surface area contributed by atoms with E-state index in [1.54, 1.807) is 0 Å². The number of rotatable bonds is 1. The summed E-state index contributed by atoms with van der Waals surface area (Å²) in [5.41, 5.74) is 1.47. The fourth-order valence-electron chi connectivity index (χ4n) is 1.25. The first-order valence-corrected chi connectivity index (χ1v) is 3.72. The van der Waals surface area contributed by atoms with Gasteiger partial charge < -0.3 is 0 Å². The summed E-state index contributed by atoms with van der Waals surface area (Å²) in [6.45, 7) is 0. The van der Waals surface area contributed by atoms with E-state index in [-0.39, 0.29) is 0 Å². The van der Waals surface area contributed by atoms with Gasteiger partial charge in [0, 0.05) is 0 Å². The lowest BCUT2D eigenvalue weighted by molar-refractivity contribution is 0.540. The molecule has 0 heterocycles. The second kappa shape index (κ2) is 2.45. The van der Waals surface area contributed by atoms with Gasteiger partial charge in [0.2, 0.25) is 0 Å². The van der Waals surface area contributed by atoms with Crippen LogP contribution in [0.25, 0.3) is 0 Å². The van der Waals surface area contributed by atoms with Gasteiger partial charge in [-0.05, 0) is 30.7 Å². The zero-order chi connectivity index (χ0) is 6.81. The molecule has 1 aromatic rings. The molecular weight excluding hydrogens is 120 g/mol. The van der Waals surface area contributed by atoms with E-state index in [1.165, 1.54) is 5.56 Å². The molecule has 50 valence electrons. The maximum absolute atomic E-state index is 3.26. The lowest BCUT2D eigenvalue weighted by Crippen LogP contribution is -2.08. The molecule has 0 spiro atoms. The van der Waals surface area contributed by atoms with Crippen molar-refractivity contribution in [3.63, 3.8) is 0 Å². The second-order valence-corrected chi connectivity index (χ2v) is 2.77. The van der Waals surface area contributed by atoms with Crippen LogP contribution in [0.4, 0.5) is 0 Å². The van der Waals surface area contributed by atoms with Crippen molar-refractivity contribution in [1.29, 1.82) is 0 Å². The van der Waals surface area contributed by atoms with Crippen LogP contribution in [0.2, 0.25) is 0 Å². The molecule has 0 unspecified atom stereocenters. The minimum absolute atomic E-state index is 0.779. The summed E-state index contributed by atoms with van der Waals surface area (Å²) < 4.78 is 0. The summed E-state index contributed by atoms with van der Waals surface area (Å²) in [4.78, 5) is 0. The van der Waals surface area contributed by atoms with Crippen LogP contribution in [0, 0.1) is 6.42 Å². The molecule has 0 N–H and O–H groups in total. The summed E-state index contributed by atoms with van der Waals surface area (Å²) in [6, 6.07) is 10.7. The molecule has 1 aliphatic carbocycles. The highest BCUT2D eigenvalue weighted by Crippen LogP contribution is 2.34. The van der Waals surface area contributed by atoms with E-state index >= 15 is 0 Å². The third-order valence-corrected chi connectivity index (χ3v) is 2.05. The molecule has 0 bridgehead atoms. The van der Waals surface area contributed by atoms with Gasteiger partial charge in [-0.3, -0.25) is 0 Å². The summed E-state index contributed by atoms with van der Waals surface area (Å²) >= 11 is 0. The van der Waals surface area contributed by atoms with Crippen LogP contribution in [0.15, 0.2) is 30.3 Å². The van der Waals surface area contributed by atoms with Gasteiger partial charge in [-0.25, -0.2) is 0 Å². The molecule has 0 saturated heterocycles. The van der Waals surface area contributed by atoms with Gasteiger partial charge in [-0.2, -0.15) is 0 Å². The third-order valence-electron chi connectivity index (χ3n) is 2.05. The minimum atomic E-state index is 0.779. The molecule has 2 rings (SSSR count). The van der Waals surface area contributed by atoms with E-state index in [2.05, 4.69) is 36.8 Å². The molecule has 0 atom stereocenters. The largest absolute Gasteiger partial charge is 0.0622 e. The van der Waals surface area contributed by atoms with Gasteiger partial charge in [-0.1, -0.05) is 30.3 Å². The molecule has 0 nitrogen and oxygen atoms in total. The van der Waals surface area contributed by atoms with Crippen molar-refractivity contribution in [1.82, 2.24) is 0 Å². The molecule has 0 amide bonds. The number of hydrogen-bond acceptors (Lipinski definition) is 0. The molecule has 2 radical (unpaired) electrons. The Morgan fingerprint density at radius 1 is 1.10 bits per heavy atom. The van der Waals surface area contributed by atoms with Gasteiger partial charge >= 0.3 is 0 Å². The molecule has 0 aliphatic heterocycles. The van der Waals surface area contributed by atoms with E-state index in [0.717, 1.165) is 18.8 Å².